The Bertz CT molecular complexity index is 447. The van der Waals surface area contributed by atoms with Gasteiger partial charge in [0, 0.05) is 12.1 Å². The van der Waals surface area contributed by atoms with Gasteiger partial charge in [0.15, 0.2) is 11.5 Å². The molecule has 0 fully saturated rings. The van der Waals surface area contributed by atoms with Crippen LogP contribution in [0.1, 0.15) is 37.0 Å². The van der Waals surface area contributed by atoms with Gasteiger partial charge in [-0.25, -0.2) is 0 Å². The molecule has 0 spiro atoms. The second kappa shape index (κ2) is 8.00. The third kappa shape index (κ3) is 4.30. The van der Waals surface area contributed by atoms with E-state index in [-0.39, 0.29) is 17.0 Å². The summed E-state index contributed by atoms with van der Waals surface area (Å²) in [5, 5.41) is 12.4. The lowest BCUT2D eigenvalue weighted by molar-refractivity contribution is 0.0951. The van der Waals surface area contributed by atoms with Crippen LogP contribution in [0.15, 0.2) is 18.2 Å². The first kappa shape index (κ1) is 16.6. The van der Waals surface area contributed by atoms with Crippen molar-refractivity contribution < 1.29 is 14.6 Å². The average molecular weight is 300 g/mol. The van der Waals surface area contributed by atoms with Crippen LogP contribution in [0, 0.1) is 5.92 Å². The van der Waals surface area contributed by atoms with E-state index in [1.54, 1.807) is 12.1 Å². The Balaban J connectivity index is 2.61. The van der Waals surface area contributed by atoms with Crippen LogP contribution in [-0.4, -0.2) is 30.0 Å². The van der Waals surface area contributed by atoms with Crippen LogP contribution in [0.3, 0.4) is 0 Å². The van der Waals surface area contributed by atoms with Gasteiger partial charge in [0.05, 0.1) is 12.5 Å². The molecule has 0 aliphatic carbocycles. The number of carbonyl (C=O) groups excluding carboxylic acids is 1. The van der Waals surface area contributed by atoms with Crippen molar-refractivity contribution in [2.24, 2.45) is 5.92 Å². The highest BCUT2D eigenvalue weighted by Crippen LogP contribution is 2.26. The molecule has 0 heterocycles. The number of phenols is 1. The number of carbonyl (C=O) groups is 1. The van der Waals surface area contributed by atoms with Gasteiger partial charge in [-0.3, -0.25) is 4.79 Å². The zero-order valence-corrected chi connectivity index (χ0v) is 12.9. The Morgan fingerprint density at radius 1 is 1.40 bits per heavy atom. The number of hydrogen-bond acceptors (Lipinski definition) is 3. The molecule has 0 bridgehead atoms. The quantitative estimate of drug-likeness (QED) is 0.760. The first-order valence-electron chi connectivity index (χ1n) is 6.82. The minimum absolute atomic E-state index is 0.0532. The molecule has 1 aromatic rings. The molecule has 0 aliphatic heterocycles. The average Bonchev–Trinajstić information content (AvgIpc) is 2.45. The summed E-state index contributed by atoms with van der Waals surface area (Å²) in [6, 6.07) is 4.55. The lowest BCUT2D eigenvalue weighted by Gasteiger charge is -2.19. The van der Waals surface area contributed by atoms with Crippen molar-refractivity contribution in [2.75, 3.05) is 13.7 Å². The van der Waals surface area contributed by atoms with Crippen LogP contribution in [0.25, 0.3) is 0 Å². The standard InChI is InChI=1S/C15H22ClNO3/c1-4-10(5-2)12(16)9-17-15(19)11-6-7-14(20-3)13(18)8-11/h6-8,10,12,18H,4-5,9H2,1-3H3,(H,17,19). The number of benzene rings is 1. The van der Waals surface area contributed by atoms with Crippen LogP contribution in [0.5, 0.6) is 11.5 Å². The number of aromatic hydroxyl groups is 1. The number of phenolic OH excluding ortho intramolecular Hbond substituents is 1. The van der Waals surface area contributed by atoms with E-state index in [1.807, 2.05) is 0 Å². The zero-order chi connectivity index (χ0) is 15.1. The Morgan fingerprint density at radius 2 is 2.05 bits per heavy atom. The smallest absolute Gasteiger partial charge is 0.251 e. The SMILES string of the molecule is CCC(CC)C(Cl)CNC(=O)c1ccc(OC)c(O)c1. The lowest BCUT2D eigenvalue weighted by atomic mass is 9.99. The van der Waals surface area contributed by atoms with Crippen molar-refractivity contribution in [3.63, 3.8) is 0 Å². The summed E-state index contributed by atoms with van der Waals surface area (Å²) in [5.41, 5.74) is 0.386. The molecule has 20 heavy (non-hydrogen) atoms. The van der Waals surface area contributed by atoms with Gasteiger partial charge in [0.2, 0.25) is 0 Å². The van der Waals surface area contributed by atoms with Gasteiger partial charge in [-0.1, -0.05) is 26.7 Å². The normalized spacial score (nSPS) is 12.2. The van der Waals surface area contributed by atoms with Gasteiger partial charge in [0.25, 0.3) is 5.91 Å². The topological polar surface area (TPSA) is 58.6 Å². The van der Waals surface area contributed by atoms with Crippen LogP contribution in [0.2, 0.25) is 0 Å². The van der Waals surface area contributed by atoms with Crippen LogP contribution in [-0.2, 0) is 0 Å². The number of nitrogens with one attached hydrogen (secondary N) is 1. The second-order valence-electron chi connectivity index (χ2n) is 4.69. The molecule has 2 N–H and O–H groups in total. The van der Waals surface area contributed by atoms with Gasteiger partial charge in [-0.15, -0.1) is 11.6 Å². The van der Waals surface area contributed by atoms with Crippen molar-refractivity contribution in [2.45, 2.75) is 32.1 Å². The van der Waals surface area contributed by atoms with E-state index in [2.05, 4.69) is 19.2 Å². The first-order chi connectivity index (χ1) is 9.53. The van der Waals surface area contributed by atoms with Gasteiger partial charge < -0.3 is 15.2 Å². The monoisotopic (exact) mass is 299 g/mol. The molecule has 5 heteroatoms. The summed E-state index contributed by atoms with van der Waals surface area (Å²) in [7, 11) is 1.46. The molecule has 112 valence electrons. The summed E-state index contributed by atoms with van der Waals surface area (Å²) in [6.07, 6.45) is 1.98. The van der Waals surface area contributed by atoms with Gasteiger partial charge >= 0.3 is 0 Å². The fourth-order valence-corrected chi connectivity index (χ4v) is 2.52. The molecule has 0 radical (unpaired) electrons. The Hall–Kier alpha value is -1.42. The van der Waals surface area contributed by atoms with Gasteiger partial charge in [0.1, 0.15) is 0 Å². The van der Waals surface area contributed by atoms with Crippen LogP contribution >= 0.6 is 11.6 Å². The van der Waals surface area contributed by atoms with E-state index < -0.39 is 0 Å². The number of methoxy groups -OCH3 is 1. The van der Waals surface area contributed by atoms with Crippen LogP contribution in [0.4, 0.5) is 0 Å². The van der Waals surface area contributed by atoms with Crippen molar-refractivity contribution in [3.05, 3.63) is 23.8 Å². The highest BCUT2D eigenvalue weighted by atomic mass is 35.5. The third-order valence-electron chi connectivity index (χ3n) is 3.46. The van der Waals surface area contributed by atoms with E-state index >= 15 is 0 Å². The van der Waals surface area contributed by atoms with Crippen molar-refractivity contribution in [1.29, 1.82) is 0 Å². The maximum atomic E-state index is 12.0. The molecule has 0 saturated heterocycles. The van der Waals surface area contributed by atoms with E-state index in [0.717, 1.165) is 12.8 Å². The van der Waals surface area contributed by atoms with E-state index in [1.165, 1.54) is 13.2 Å². The molecular formula is C15H22ClNO3. The number of alkyl halides is 1. The number of ether oxygens (including phenoxy) is 1. The second-order valence-corrected chi connectivity index (χ2v) is 5.25. The Morgan fingerprint density at radius 3 is 2.55 bits per heavy atom. The maximum Gasteiger partial charge on any atom is 0.251 e. The molecule has 0 aliphatic rings. The molecule has 1 atom stereocenters. The molecule has 1 rings (SSSR count). The maximum absolute atomic E-state index is 12.0. The van der Waals surface area contributed by atoms with E-state index in [0.29, 0.717) is 23.8 Å². The minimum atomic E-state index is -0.250. The van der Waals surface area contributed by atoms with Crippen LogP contribution < -0.4 is 10.1 Å². The number of amides is 1. The summed E-state index contributed by atoms with van der Waals surface area (Å²) >= 11 is 6.27. The molecule has 4 nitrogen and oxygen atoms in total. The van der Waals surface area contributed by atoms with Crippen molar-refractivity contribution in [1.82, 2.24) is 5.32 Å². The summed E-state index contributed by atoms with van der Waals surface area (Å²) in [4.78, 5) is 12.0. The van der Waals surface area contributed by atoms with Crippen molar-refractivity contribution in [3.8, 4) is 11.5 Å². The van der Waals surface area contributed by atoms with Gasteiger partial charge in [-0.05, 0) is 24.1 Å². The molecule has 1 aromatic carbocycles. The lowest BCUT2D eigenvalue weighted by Crippen LogP contribution is -2.33. The minimum Gasteiger partial charge on any atom is -0.504 e. The zero-order valence-electron chi connectivity index (χ0n) is 12.1. The molecule has 1 unspecified atom stereocenters. The number of hydrogen-bond donors (Lipinski definition) is 2. The third-order valence-corrected chi connectivity index (χ3v) is 3.97. The number of rotatable bonds is 7. The highest BCUT2D eigenvalue weighted by molar-refractivity contribution is 6.21. The molecule has 0 saturated carbocycles. The Labute approximate surface area is 125 Å². The molecular weight excluding hydrogens is 278 g/mol. The summed E-state index contributed by atoms with van der Waals surface area (Å²) in [6.45, 7) is 4.60. The fraction of sp³-hybridized carbons (Fsp3) is 0.533. The first-order valence-corrected chi connectivity index (χ1v) is 7.26. The summed E-state index contributed by atoms with van der Waals surface area (Å²) in [5.74, 6) is 0.428. The Kier molecular flexibility index (Phi) is 6.65. The summed E-state index contributed by atoms with van der Waals surface area (Å²) < 4.78 is 4.94. The molecule has 0 aromatic heterocycles. The predicted molar refractivity (Wildman–Crippen MR) is 80.7 cm³/mol. The van der Waals surface area contributed by atoms with E-state index in [9.17, 15) is 9.90 Å². The predicted octanol–water partition coefficient (Wildman–Crippen LogP) is 3.17. The highest BCUT2D eigenvalue weighted by Gasteiger charge is 2.17. The van der Waals surface area contributed by atoms with E-state index in [4.69, 9.17) is 16.3 Å². The largest absolute Gasteiger partial charge is 0.504 e. The van der Waals surface area contributed by atoms with Crippen molar-refractivity contribution >= 4 is 17.5 Å². The number of halogens is 1. The van der Waals surface area contributed by atoms with Gasteiger partial charge in [-0.2, -0.15) is 0 Å². The fourth-order valence-electron chi connectivity index (χ4n) is 2.09. The molecule has 1 amide bonds.